The normalized spacial score (nSPS) is 16.7. The van der Waals surface area contributed by atoms with E-state index in [2.05, 4.69) is 4.74 Å². The summed E-state index contributed by atoms with van der Waals surface area (Å²) in [6.07, 6.45) is 2.51. The molecule has 3 nitrogen and oxygen atoms in total. The van der Waals surface area contributed by atoms with E-state index >= 15 is 0 Å². The molecule has 0 saturated heterocycles. The Balaban J connectivity index is 2.35. The highest BCUT2D eigenvalue weighted by Crippen LogP contribution is 2.36. The molecule has 0 bridgehead atoms. The van der Waals surface area contributed by atoms with Crippen molar-refractivity contribution in [2.75, 3.05) is 7.11 Å². The van der Waals surface area contributed by atoms with Crippen LogP contribution in [0.4, 0.5) is 4.39 Å². The zero-order valence-electron chi connectivity index (χ0n) is 10.0. The SMILES string of the molecule is COC(=O)c1cc(CC2(N)CC2)cc(F)c1C. The fraction of sp³-hybridized carbons (Fsp3) is 0.462. The Kier molecular flexibility index (Phi) is 2.91. The van der Waals surface area contributed by atoms with Gasteiger partial charge in [-0.05, 0) is 49.4 Å². The van der Waals surface area contributed by atoms with E-state index in [1.165, 1.54) is 13.2 Å². The molecule has 0 amide bonds. The van der Waals surface area contributed by atoms with Gasteiger partial charge in [-0.3, -0.25) is 0 Å². The minimum absolute atomic E-state index is 0.199. The van der Waals surface area contributed by atoms with E-state index in [9.17, 15) is 9.18 Å². The molecule has 1 aromatic carbocycles. The molecule has 0 heterocycles. The van der Waals surface area contributed by atoms with E-state index in [1.54, 1.807) is 13.0 Å². The maximum absolute atomic E-state index is 13.7. The fourth-order valence-corrected chi connectivity index (χ4v) is 1.90. The van der Waals surface area contributed by atoms with Crippen LogP contribution in [0.15, 0.2) is 12.1 Å². The summed E-state index contributed by atoms with van der Waals surface area (Å²) < 4.78 is 18.3. The first-order valence-electron chi connectivity index (χ1n) is 5.61. The number of carbonyl (C=O) groups is 1. The highest BCUT2D eigenvalue weighted by molar-refractivity contribution is 5.91. The molecule has 4 heteroatoms. The Bertz CT molecular complexity index is 467. The van der Waals surface area contributed by atoms with Gasteiger partial charge in [0.1, 0.15) is 5.82 Å². The first-order chi connectivity index (χ1) is 7.95. The van der Waals surface area contributed by atoms with E-state index in [4.69, 9.17) is 5.73 Å². The summed E-state index contributed by atoms with van der Waals surface area (Å²) in [4.78, 5) is 11.5. The number of benzene rings is 1. The molecule has 17 heavy (non-hydrogen) atoms. The molecule has 1 saturated carbocycles. The Labute approximate surface area is 99.8 Å². The molecule has 0 unspecified atom stereocenters. The Morgan fingerprint density at radius 2 is 2.18 bits per heavy atom. The number of hydrogen-bond donors (Lipinski definition) is 1. The van der Waals surface area contributed by atoms with Gasteiger partial charge < -0.3 is 10.5 Å². The van der Waals surface area contributed by atoms with E-state index in [1.807, 2.05) is 0 Å². The molecule has 92 valence electrons. The fourth-order valence-electron chi connectivity index (χ4n) is 1.90. The van der Waals surface area contributed by atoms with Gasteiger partial charge in [0.05, 0.1) is 12.7 Å². The predicted octanol–water partition coefficient (Wildman–Crippen LogP) is 1.95. The molecular formula is C13H16FNO2. The van der Waals surface area contributed by atoms with Gasteiger partial charge >= 0.3 is 5.97 Å². The average molecular weight is 237 g/mol. The van der Waals surface area contributed by atoms with Crippen LogP contribution >= 0.6 is 0 Å². The van der Waals surface area contributed by atoms with Crippen molar-refractivity contribution in [2.24, 2.45) is 5.73 Å². The highest BCUT2D eigenvalue weighted by atomic mass is 19.1. The molecule has 0 aliphatic heterocycles. The van der Waals surface area contributed by atoms with Crippen LogP contribution in [0.5, 0.6) is 0 Å². The van der Waals surface area contributed by atoms with E-state index in [0.717, 1.165) is 18.4 Å². The second-order valence-electron chi connectivity index (χ2n) is 4.78. The molecule has 0 aromatic heterocycles. The number of esters is 1. The van der Waals surface area contributed by atoms with Gasteiger partial charge in [0, 0.05) is 5.54 Å². The number of rotatable bonds is 3. The number of halogens is 1. The molecule has 2 N–H and O–H groups in total. The Hall–Kier alpha value is -1.42. The molecule has 1 aliphatic carbocycles. The average Bonchev–Trinajstić information content (AvgIpc) is 3.00. The number of nitrogens with two attached hydrogens (primary N) is 1. The monoisotopic (exact) mass is 237 g/mol. The lowest BCUT2D eigenvalue weighted by molar-refractivity contribution is 0.0599. The second-order valence-corrected chi connectivity index (χ2v) is 4.78. The summed E-state index contributed by atoms with van der Waals surface area (Å²) in [5, 5.41) is 0. The molecule has 0 atom stereocenters. The van der Waals surface area contributed by atoms with Crippen LogP contribution in [0.2, 0.25) is 0 Å². The number of ether oxygens (including phenoxy) is 1. The summed E-state index contributed by atoms with van der Waals surface area (Å²) in [6.45, 7) is 1.57. The van der Waals surface area contributed by atoms with E-state index in [-0.39, 0.29) is 16.9 Å². The summed E-state index contributed by atoms with van der Waals surface area (Å²) in [5.41, 5.74) is 7.15. The van der Waals surface area contributed by atoms with Crippen LogP contribution < -0.4 is 5.73 Å². The molecule has 0 spiro atoms. The van der Waals surface area contributed by atoms with Crippen LogP contribution in [0.25, 0.3) is 0 Å². The first-order valence-corrected chi connectivity index (χ1v) is 5.61. The third-order valence-corrected chi connectivity index (χ3v) is 3.26. The van der Waals surface area contributed by atoms with Crippen molar-refractivity contribution >= 4 is 5.97 Å². The third kappa shape index (κ3) is 2.47. The maximum atomic E-state index is 13.7. The quantitative estimate of drug-likeness (QED) is 0.817. The largest absolute Gasteiger partial charge is 0.465 e. The Morgan fingerprint density at radius 3 is 2.71 bits per heavy atom. The van der Waals surface area contributed by atoms with Crippen molar-refractivity contribution in [3.63, 3.8) is 0 Å². The van der Waals surface area contributed by atoms with Gasteiger partial charge in [-0.2, -0.15) is 0 Å². The van der Waals surface area contributed by atoms with Crippen molar-refractivity contribution in [3.8, 4) is 0 Å². The predicted molar refractivity (Wildman–Crippen MR) is 62.3 cm³/mol. The van der Waals surface area contributed by atoms with Crippen molar-refractivity contribution in [2.45, 2.75) is 31.7 Å². The molecular weight excluding hydrogens is 221 g/mol. The summed E-state index contributed by atoms with van der Waals surface area (Å²) in [6, 6.07) is 3.13. The third-order valence-electron chi connectivity index (χ3n) is 3.26. The number of carbonyl (C=O) groups excluding carboxylic acids is 1. The molecule has 2 rings (SSSR count). The maximum Gasteiger partial charge on any atom is 0.338 e. The van der Waals surface area contributed by atoms with Crippen LogP contribution in [0.3, 0.4) is 0 Å². The van der Waals surface area contributed by atoms with Crippen molar-refractivity contribution in [1.82, 2.24) is 0 Å². The molecule has 1 aliphatic rings. The van der Waals surface area contributed by atoms with Crippen molar-refractivity contribution in [3.05, 3.63) is 34.6 Å². The number of hydrogen-bond acceptors (Lipinski definition) is 3. The lowest BCUT2D eigenvalue weighted by Crippen LogP contribution is -2.24. The topological polar surface area (TPSA) is 52.3 Å². The number of methoxy groups -OCH3 is 1. The lowest BCUT2D eigenvalue weighted by Gasteiger charge is -2.12. The van der Waals surface area contributed by atoms with Gasteiger partial charge in [0.15, 0.2) is 0 Å². The van der Waals surface area contributed by atoms with Crippen LogP contribution in [0.1, 0.15) is 34.3 Å². The van der Waals surface area contributed by atoms with Gasteiger partial charge in [-0.25, -0.2) is 9.18 Å². The van der Waals surface area contributed by atoms with Crippen molar-refractivity contribution in [1.29, 1.82) is 0 Å². The van der Waals surface area contributed by atoms with Crippen LogP contribution in [-0.2, 0) is 11.2 Å². The molecule has 0 radical (unpaired) electrons. The van der Waals surface area contributed by atoms with Crippen LogP contribution in [0, 0.1) is 12.7 Å². The summed E-state index contributed by atoms with van der Waals surface area (Å²) in [7, 11) is 1.29. The molecule has 1 aromatic rings. The first kappa shape index (κ1) is 12.0. The van der Waals surface area contributed by atoms with Gasteiger partial charge in [0.25, 0.3) is 0 Å². The van der Waals surface area contributed by atoms with E-state index < -0.39 is 5.97 Å². The van der Waals surface area contributed by atoms with E-state index in [0.29, 0.717) is 12.0 Å². The Morgan fingerprint density at radius 1 is 1.53 bits per heavy atom. The standard InChI is InChI=1S/C13H16FNO2/c1-8-10(12(16)17-2)5-9(6-11(8)14)7-13(15)3-4-13/h5-6H,3-4,7,15H2,1-2H3. The van der Waals surface area contributed by atoms with Gasteiger partial charge in [-0.15, -0.1) is 0 Å². The summed E-state index contributed by atoms with van der Waals surface area (Å²) in [5.74, 6) is -0.891. The van der Waals surface area contributed by atoms with Gasteiger partial charge in [-0.1, -0.05) is 0 Å². The minimum Gasteiger partial charge on any atom is -0.465 e. The highest BCUT2D eigenvalue weighted by Gasteiger charge is 2.38. The summed E-state index contributed by atoms with van der Waals surface area (Å²) >= 11 is 0. The van der Waals surface area contributed by atoms with Crippen molar-refractivity contribution < 1.29 is 13.9 Å². The van der Waals surface area contributed by atoms with Gasteiger partial charge in [0.2, 0.25) is 0 Å². The van der Waals surface area contributed by atoms with Crippen LogP contribution in [-0.4, -0.2) is 18.6 Å². The lowest BCUT2D eigenvalue weighted by atomic mass is 9.99. The zero-order chi connectivity index (χ0) is 12.6. The molecule has 1 fully saturated rings. The zero-order valence-corrected chi connectivity index (χ0v) is 10.0. The second kappa shape index (κ2) is 4.11. The smallest absolute Gasteiger partial charge is 0.338 e. The minimum atomic E-state index is -0.509.